The van der Waals surface area contributed by atoms with Crippen molar-refractivity contribution in [2.45, 2.75) is 26.1 Å². The zero-order valence-corrected chi connectivity index (χ0v) is 15.4. The van der Waals surface area contributed by atoms with Crippen molar-refractivity contribution in [2.24, 2.45) is 0 Å². The van der Waals surface area contributed by atoms with Crippen LogP contribution in [-0.4, -0.2) is 41.4 Å². The molecule has 0 amide bonds. The molecular weight excluding hydrogens is 346 g/mol. The van der Waals surface area contributed by atoms with Crippen molar-refractivity contribution in [3.8, 4) is 11.4 Å². The molecule has 0 spiro atoms. The molecule has 2 aromatic heterocycles. The first-order valence-electron chi connectivity index (χ1n) is 9.06. The Balaban J connectivity index is 1.67. The van der Waals surface area contributed by atoms with Crippen molar-refractivity contribution < 1.29 is 14.0 Å². The van der Waals surface area contributed by atoms with Gasteiger partial charge in [-0.1, -0.05) is 11.2 Å². The molecule has 8 heteroatoms. The third-order valence-electron chi connectivity index (χ3n) is 5.20. The number of nitrogen functional groups attached to an aromatic ring is 1. The summed E-state index contributed by atoms with van der Waals surface area (Å²) in [5.41, 5.74) is 8.86. The summed E-state index contributed by atoms with van der Waals surface area (Å²) in [7, 11) is 0. The second-order valence-corrected chi connectivity index (χ2v) is 7.38. The number of nitrogens with zero attached hydrogens (tertiary/aromatic N) is 4. The average molecular weight is 367 g/mol. The first-order chi connectivity index (χ1) is 13.0. The first kappa shape index (κ1) is 16.5. The van der Waals surface area contributed by atoms with E-state index in [2.05, 4.69) is 10.1 Å². The Morgan fingerprint density at radius 1 is 1.15 bits per heavy atom. The van der Waals surface area contributed by atoms with E-state index in [1.165, 1.54) is 0 Å². The molecule has 2 aliphatic heterocycles. The maximum absolute atomic E-state index is 6.00. The fraction of sp³-hybridized carbons (Fsp3) is 0.421. The van der Waals surface area contributed by atoms with Gasteiger partial charge in [-0.3, -0.25) is 0 Å². The monoisotopic (exact) mass is 367 g/mol. The van der Waals surface area contributed by atoms with E-state index in [0.29, 0.717) is 37.0 Å². The largest absolute Gasteiger partial charge is 0.380 e. The molecule has 0 saturated carbocycles. The van der Waals surface area contributed by atoms with Crippen molar-refractivity contribution in [1.82, 2.24) is 15.1 Å². The minimum absolute atomic E-state index is 0.384. The van der Waals surface area contributed by atoms with Crippen molar-refractivity contribution >= 4 is 22.6 Å². The smallest absolute Gasteiger partial charge is 0.174 e. The molecule has 140 valence electrons. The van der Waals surface area contributed by atoms with E-state index in [4.69, 9.17) is 29.7 Å². The second-order valence-electron chi connectivity index (χ2n) is 7.38. The molecule has 5 rings (SSSR count). The van der Waals surface area contributed by atoms with Gasteiger partial charge in [-0.25, -0.2) is 9.97 Å². The molecule has 0 unspecified atom stereocenters. The highest BCUT2D eigenvalue weighted by molar-refractivity contribution is 5.89. The standard InChI is InChI=1S/C19H21N5O3/c1-19(2)15-13(10-26-19)18(24-5-7-25-8-6-24)22-17(21-15)11-3-4-12-14(9-11)27-23-16(12)20/h3-4,9H,5-8,10H2,1-2H3,(H2,20,23). The van der Waals surface area contributed by atoms with Crippen LogP contribution in [0.5, 0.6) is 0 Å². The fourth-order valence-electron chi connectivity index (χ4n) is 3.69. The van der Waals surface area contributed by atoms with Gasteiger partial charge in [0.15, 0.2) is 17.2 Å². The Hall–Kier alpha value is -2.71. The molecule has 2 aliphatic rings. The topological polar surface area (TPSA) is 99.5 Å². The van der Waals surface area contributed by atoms with E-state index in [1.54, 1.807) is 0 Å². The van der Waals surface area contributed by atoms with E-state index < -0.39 is 5.60 Å². The van der Waals surface area contributed by atoms with Crippen LogP contribution < -0.4 is 10.6 Å². The van der Waals surface area contributed by atoms with Crippen LogP contribution in [0.3, 0.4) is 0 Å². The number of nitrogens with two attached hydrogens (primary N) is 1. The number of benzene rings is 1. The van der Waals surface area contributed by atoms with Gasteiger partial charge in [0.25, 0.3) is 0 Å². The van der Waals surface area contributed by atoms with Gasteiger partial charge in [0.1, 0.15) is 11.4 Å². The molecule has 1 fully saturated rings. The van der Waals surface area contributed by atoms with E-state index in [-0.39, 0.29) is 0 Å². The van der Waals surface area contributed by atoms with Gasteiger partial charge in [0.05, 0.1) is 30.9 Å². The first-order valence-corrected chi connectivity index (χ1v) is 9.06. The third-order valence-corrected chi connectivity index (χ3v) is 5.20. The molecular formula is C19H21N5O3. The summed E-state index contributed by atoms with van der Waals surface area (Å²) in [6.07, 6.45) is 0. The summed E-state index contributed by atoms with van der Waals surface area (Å²) in [5, 5.41) is 4.61. The molecule has 4 heterocycles. The van der Waals surface area contributed by atoms with E-state index in [1.807, 2.05) is 32.0 Å². The number of fused-ring (bicyclic) bond motifs is 2. The highest BCUT2D eigenvalue weighted by Crippen LogP contribution is 2.40. The van der Waals surface area contributed by atoms with Gasteiger partial charge in [0, 0.05) is 24.2 Å². The molecule has 8 nitrogen and oxygen atoms in total. The van der Waals surface area contributed by atoms with Crippen molar-refractivity contribution in [3.05, 3.63) is 29.5 Å². The van der Waals surface area contributed by atoms with Gasteiger partial charge in [0.2, 0.25) is 0 Å². The highest BCUT2D eigenvalue weighted by atomic mass is 16.5. The summed E-state index contributed by atoms with van der Waals surface area (Å²) in [4.78, 5) is 12.0. The van der Waals surface area contributed by atoms with E-state index in [9.17, 15) is 0 Å². The number of hydrogen-bond acceptors (Lipinski definition) is 8. The minimum Gasteiger partial charge on any atom is -0.380 e. The SMILES string of the molecule is CC1(C)OCc2c(N3CCOCC3)nc(-c3ccc4c(N)noc4c3)nc21. The van der Waals surface area contributed by atoms with Crippen molar-refractivity contribution in [2.75, 3.05) is 36.9 Å². The molecule has 27 heavy (non-hydrogen) atoms. The predicted octanol–water partition coefficient (Wildman–Crippen LogP) is 2.47. The van der Waals surface area contributed by atoms with Gasteiger partial charge in [-0.05, 0) is 26.0 Å². The normalized spacial score (nSPS) is 18.8. The summed E-state index contributed by atoms with van der Waals surface area (Å²) in [6.45, 7) is 7.61. The van der Waals surface area contributed by atoms with Crippen molar-refractivity contribution in [3.63, 3.8) is 0 Å². The summed E-state index contributed by atoms with van der Waals surface area (Å²) < 4.78 is 16.8. The summed E-state index contributed by atoms with van der Waals surface area (Å²) >= 11 is 0. The molecule has 2 N–H and O–H groups in total. The number of aromatic nitrogens is 3. The van der Waals surface area contributed by atoms with E-state index in [0.717, 1.165) is 41.1 Å². The lowest BCUT2D eigenvalue weighted by Crippen LogP contribution is -2.37. The van der Waals surface area contributed by atoms with Crippen LogP contribution in [0.2, 0.25) is 0 Å². The van der Waals surface area contributed by atoms with Crippen LogP contribution in [0.15, 0.2) is 22.7 Å². The molecule has 0 bridgehead atoms. The third kappa shape index (κ3) is 2.64. The van der Waals surface area contributed by atoms with Crippen LogP contribution in [-0.2, 0) is 21.7 Å². The van der Waals surface area contributed by atoms with Gasteiger partial charge < -0.3 is 24.6 Å². The zero-order valence-electron chi connectivity index (χ0n) is 15.4. The lowest BCUT2D eigenvalue weighted by Gasteiger charge is -2.29. The Morgan fingerprint density at radius 2 is 1.96 bits per heavy atom. The van der Waals surface area contributed by atoms with Crippen LogP contribution >= 0.6 is 0 Å². The van der Waals surface area contributed by atoms with Gasteiger partial charge in [-0.15, -0.1) is 0 Å². The number of rotatable bonds is 2. The molecule has 1 aromatic carbocycles. The number of morpholine rings is 1. The Kier molecular flexibility index (Phi) is 3.60. The average Bonchev–Trinajstić information content (AvgIpc) is 3.21. The van der Waals surface area contributed by atoms with Crippen LogP contribution in [0.4, 0.5) is 11.6 Å². The van der Waals surface area contributed by atoms with Gasteiger partial charge >= 0.3 is 0 Å². The van der Waals surface area contributed by atoms with Crippen LogP contribution in [0.25, 0.3) is 22.4 Å². The highest BCUT2D eigenvalue weighted by Gasteiger charge is 2.37. The Labute approximate surface area is 156 Å². The Bertz CT molecular complexity index is 1020. The molecule has 1 saturated heterocycles. The van der Waals surface area contributed by atoms with Gasteiger partial charge in [-0.2, -0.15) is 0 Å². The predicted molar refractivity (Wildman–Crippen MR) is 100 cm³/mol. The van der Waals surface area contributed by atoms with Crippen molar-refractivity contribution in [1.29, 1.82) is 0 Å². The number of hydrogen-bond donors (Lipinski definition) is 1. The molecule has 3 aromatic rings. The second kappa shape index (κ2) is 5.90. The number of anilines is 2. The molecule has 0 aliphatic carbocycles. The Morgan fingerprint density at radius 3 is 2.78 bits per heavy atom. The maximum atomic E-state index is 6.00. The quantitative estimate of drug-likeness (QED) is 0.737. The molecule has 0 atom stereocenters. The minimum atomic E-state index is -0.450. The van der Waals surface area contributed by atoms with Crippen LogP contribution in [0.1, 0.15) is 25.1 Å². The summed E-state index contributed by atoms with van der Waals surface area (Å²) in [5.74, 6) is 1.96. The fourth-order valence-corrected chi connectivity index (χ4v) is 3.69. The lowest BCUT2D eigenvalue weighted by molar-refractivity contribution is -0.0100. The maximum Gasteiger partial charge on any atom is 0.174 e. The number of ether oxygens (including phenoxy) is 2. The lowest BCUT2D eigenvalue weighted by atomic mass is 10.0. The zero-order chi connectivity index (χ0) is 18.6. The summed E-state index contributed by atoms with van der Waals surface area (Å²) in [6, 6.07) is 5.72. The molecule has 0 radical (unpaired) electrons. The van der Waals surface area contributed by atoms with Crippen LogP contribution in [0, 0.1) is 0 Å². The van der Waals surface area contributed by atoms with E-state index >= 15 is 0 Å².